The molecule has 0 aromatic carbocycles. The number of carboxylic acids is 1. The molecule has 1 aliphatic rings. The van der Waals surface area contributed by atoms with Gasteiger partial charge in [-0.15, -0.1) is 0 Å². The number of carbonyl (C=O) groups is 2. The van der Waals surface area contributed by atoms with Crippen molar-refractivity contribution >= 4 is 11.8 Å². The number of hydrogen-bond donors (Lipinski definition) is 3. The third-order valence-electron chi connectivity index (χ3n) is 4.39. The van der Waals surface area contributed by atoms with E-state index in [0.29, 0.717) is 25.7 Å². The molecule has 1 aliphatic carbocycles. The van der Waals surface area contributed by atoms with Crippen molar-refractivity contribution in [1.82, 2.24) is 0 Å². The first-order valence-electron chi connectivity index (χ1n) is 9.04. The van der Waals surface area contributed by atoms with Gasteiger partial charge in [0.1, 0.15) is 5.78 Å². The molecule has 0 aliphatic heterocycles. The van der Waals surface area contributed by atoms with Gasteiger partial charge in [-0.05, 0) is 32.1 Å². The number of rotatable bonds is 11. The number of aliphatic carboxylic acids is 1. The van der Waals surface area contributed by atoms with Gasteiger partial charge >= 0.3 is 5.97 Å². The Morgan fingerprint density at radius 1 is 1.28 bits per heavy atom. The van der Waals surface area contributed by atoms with E-state index in [9.17, 15) is 19.8 Å². The standard InChI is InChI=1S/C20H30O5/c1-2-3-6-9-15(21)12-13-17-16(18(22)14-19(17)23)10-7-4-5-8-11-20(24)25/h3-4,6-7,12-13,15-17,19,21,23H,2,5,8-11,14H2,1H3,(H,24,25)/b6-3-,7-4-,13-12+/t15?,16?,17-,19?/m1/s1. The largest absolute Gasteiger partial charge is 0.481 e. The molecule has 5 heteroatoms. The highest BCUT2D eigenvalue weighted by molar-refractivity contribution is 5.84. The van der Waals surface area contributed by atoms with Crippen LogP contribution in [0.15, 0.2) is 36.5 Å². The summed E-state index contributed by atoms with van der Waals surface area (Å²) in [6, 6.07) is 0. The Hall–Kier alpha value is -1.72. The summed E-state index contributed by atoms with van der Waals surface area (Å²) in [6.07, 6.45) is 13.3. The Balaban J connectivity index is 2.52. The van der Waals surface area contributed by atoms with Gasteiger partial charge < -0.3 is 15.3 Å². The van der Waals surface area contributed by atoms with E-state index in [4.69, 9.17) is 5.11 Å². The average Bonchev–Trinajstić information content (AvgIpc) is 2.82. The highest BCUT2D eigenvalue weighted by Crippen LogP contribution is 2.33. The molecule has 140 valence electrons. The Morgan fingerprint density at radius 3 is 2.72 bits per heavy atom. The van der Waals surface area contributed by atoms with Crippen LogP contribution in [-0.2, 0) is 9.59 Å². The molecular weight excluding hydrogens is 320 g/mol. The maximum atomic E-state index is 12.1. The van der Waals surface area contributed by atoms with E-state index < -0.39 is 18.2 Å². The lowest BCUT2D eigenvalue weighted by Gasteiger charge is -2.16. The minimum Gasteiger partial charge on any atom is -0.481 e. The first-order chi connectivity index (χ1) is 12.0. The van der Waals surface area contributed by atoms with Gasteiger partial charge in [0.05, 0.1) is 12.2 Å². The van der Waals surface area contributed by atoms with E-state index >= 15 is 0 Å². The molecule has 1 fully saturated rings. The molecule has 0 saturated heterocycles. The smallest absolute Gasteiger partial charge is 0.303 e. The molecule has 3 N–H and O–H groups in total. The summed E-state index contributed by atoms with van der Waals surface area (Å²) < 4.78 is 0. The quantitative estimate of drug-likeness (QED) is 0.393. The molecule has 1 rings (SSSR count). The SMILES string of the molecule is CC/C=C\CC(O)/C=C/[C@H]1C(O)CC(=O)C1C/C=C\CCCC(=O)O. The van der Waals surface area contributed by atoms with E-state index in [1.807, 2.05) is 31.2 Å². The van der Waals surface area contributed by atoms with Crippen molar-refractivity contribution in [2.45, 2.75) is 64.1 Å². The molecule has 0 heterocycles. The zero-order chi connectivity index (χ0) is 18.7. The minimum absolute atomic E-state index is 0.0395. The molecular formula is C20H30O5. The zero-order valence-electron chi connectivity index (χ0n) is 14.9. The third kappa shape index (κ3) is 8.27. The van der Waals surface area contributed by atoms with Crippen LogP contribution in [0.5, 0.6) is 0 Å². The van der Waals surface area contributed by atoms with E-state index in [1.165, 1.54) is 0 Å². The number of aliphatic hydroxyl groups excluding tert-OH is 2. The molecule has 4 atom stereocenters. The number of allylic oxidation sites excluding steroid dienone is 3. The summed E-state index contributed by atoms with van der Waals surface area (Å²) in [7, 11) is 0. The van der Waals surface area contributed by atoms with E-state index in [-0.39, 0.29) is 30.5 Å². The molecule has 1 saturated carbocycles. The van der Waals surface area contributed by atoms with E-state index in [1.54, 1.807) is 12.2 Å². The lowest BCUT2D eigenvalue weighted by atomic mass is 9.90. The highest BCUT2D eigenvalue weighted by atomic mass is 16.4. The van der Waals surface area contributed by atoms with Gasteiger partial charge in [0, 0.05) is 24.7 Å². The summed E-state index contributed by atoms with van der Waals surface area (Å²) >= 11 is 0. The van der Waals surface area contributed by atoms with E-state index in [0.717, 1.165) is 6.42 Å². The fourth-order valence-electron chi connectivity index (χ4n) is 3.00. The lowest BCUT2D eigenvalue weighted by Crippen LogP contribution is -2.18. The third-order valence-corrected chi connectivity index (χ3v) is 4.39. The Bertz CT molecular complexity index is 506. The zero-order valence-corrected chi connectivity index (χ0v) is 14.9. The van der Waals surface area contributed by atoms with Crippen LogP contribution >= 0.6 is 0 Å². The van der Waals surface area contributed by atoms with Crippen LogP contribution in [0.1, 0.15) is 51.9 Å². The molecule has 5 nitrogen and oxygen atoms in total. The van der Waals surface area contributed by atoms with Crippen molar-refractivity contribution in [3.05, 3.63) is 36.5 Å². The van der Waals surface area contributed by atoms with Gasteiger partial charge in [0.15, 0.2) is 0 Å². The molecule has 3 unspecified atom stereocenters. The Kier molecular flexibility index (Phi) is 10.0. The first-order valence-corrected chi connectivity index (χ1v) is 9.04. The summed E-state index contributed by atoms with van der Waals surface area (Å²) in [5, 5.41) is 28.6. The topological polar surface area (TPSA) is 94.8 Å². The predicted molar refractivity (Wildman–Crippen MR) is 97.0 cm³/mol. The molecule has 0 spiro atoms. The molecule has 0 amide bonds. The van der Waals surface area contributed by atoms with Crippen LogP contribution in [0.25, 0.3) is 0 Å². The van der Waals surface area contributed by atoms with Crippen molar-refractivity contribution in [1.29, 1.82) is 0 Å². The maximum Gasteiger partial charge on any atom is 0.303 e. The minimum atomic E-state index is -0.806. The Morgan fingerprint density at radius 2 is 2.04 bits per heavy atom. The summed E-state index contributed by atoms with van der Waals surface area (Å²) in [5.74, 6) is -1.32. The normalized spacial score (nSPS) is 25.6. The summed E-state index contributed by atoms with van der Waals surface area (Å²) in [4.78, 5) is 22.5. The van der Waals surface area contributed by atoms with Crippen molar-refractivity contribution < 1.29 is 24.9 Å². The molecule has 25 heavy (non-hydrogen) atoms. The average molecular weight is 350 g/mol. The number of ketones is 1. The van der Waals surface area contributed by atoms with Crippen LogP contribution in [0.4, 0.5) is 0 Å². The van der Waals surface area contributed by atoms with Crippen molar-refractivity contribution in [3.63, 3.8) is 0 Å². The number of hydrogen-bond acceptors (Lipinski definition) is 4. The second-order valence-electron chi connectivity index (χ2n) is 6.48. The number of aliphatic hydroxyl groups is 2. The van der Waals surface area contributed by atoms with E-state index in [2.05, 4.69) is 0 Å². The molecule has 0 bridgehead atoms. The van der Waals surface area contributed by atoms with Gasteiger partial charge in [0.25, 0.3) is 0 Å². The van der Waals surface area contributed by atoms with Crippen LogP contribution in [0.3, 0.4) is 0 Å². The fourth-order valence-corrected chi connectivity index (χ4v) is 3.00. The van der Waals surface area contributed by atoms with Crippen LogP contribution < -0.4 is 0 Å². The van der Waals surface area contributed by atoms with Crippen molar-refractivity contribution in [2.24, 2.45) is 11.8 Å². The van der Waals surface area contributed by atoms with Gasteiger partial charge in [-0.2, -0.15) is 0 Å². The number of carboxylic acid groups (broad SMARTS) is 1. The van der Waals surface area contributed by atoms with Crippen LogP contribution in [0.2, 0.25) is 0 Å². The molecule has 0 radical (unpaired) electrons. The number of carbonyl (C=O) groups excluding carboxylic acids is 1. The van der Waals surface area contributed by atoms with Crippen LogP contribution in [-0.4, -0.2) is 39.3 Å². The number of Topliss-reactive ketones (excluding diaryl/α,β-unsaturated/α-hetero) is 1. The van der Waals surface area contributed by atoms with Gasteiger partial charge in [-0.25, -0.2) is 0 Å². The predicted octanol–water partition coefficient (Wildman–Crippen LogP) is 3.03. The van der Waals surface area contributed by atoms with Crippen molar-refractivity contribution in [2.75, 3.05) is 0 Å². The van der Waals surface area contributed by atoms with Crippen molar-refractivity contribution in [3.8, 4) is 0 Å². The maximum absolute atomic E-state index is 12.1. The van der Waals surface area contributed by atoms with Gasteiger partial charge in [-0.1, -0.05) is 43.4 Å². The fraction of sp³-hybridized carbons (Fsp3) is 0.600. The second kappa shape index (κ2) is 11.8. The van der Waals surface area contributed by atoms with Crippen LogP contribution in [0, 0.1) is 11.8 Å². The van der Waals surface area contributed by atoms with Gasteiger partial charge in [-0.3, -0.25) is 9.59 Å². The lowest BCUT2D eigenvalue weighted by molar-refractivity contribution is -0.137. The first kappa shape index (κ1) is 21.3. The van der Waals surface area contributed by atoms with Gasteiger partial charge in [0.2, 0.25) is 0 Å². The molecule has 0 aromatic heterocycles. The number of unbranched alkanes of at least 4 members (excludes halogenated alkanes) is 1. The second-order valence-corrected chi connectivity index (χ2v) is 6.48. The summed E-state index contributed by atoms with van der Waals surface area (Å²) in [6.45, 7) is 2.03. The Labute approximate surface area is 149 Å². The molecule has 0 aromatic rings. The monoisotopic (exact) mass is 350 g/mol. The highest BCUT2D eigenvalue weighted by Gasteiger charge is 2.39. The summed E-state index contributed by atoms with van der Waals surface area (Å²) in [5.41, 5.74) is 0.